The highest BCUT2D eigenvalue weighted by Gasteiger charge is 2.24. The first kappa shape index (κ1) is 23.8. The minimum Gasteiger partial charge on any atom is -0.497 e. The Morgan fingerprint density at radius 3 is 2.39 bits per heavy atom. The number of rotatable bonds is 9. The van der Waals surface area contributed by atoms with Gasteiger partial charge in [-0.15, -0.1) is 0 Å². The third-order valence-corrected chi connectivity index (χ3v) is 4.74. The number of hydrogen-bond acceptors (Lipinski definition) is 7. The summed E-state index contributed by atoms with van der Waals surface area (Å²) in [6.07, 6.45) is 0. The van der Waals surface area contributed by atoms with Crippen molar-refractivity contribution < 1.29 is 33.3 Å². The number of aromatic nitrogens is 1. The highest BCUT2D eigenvalue weighted by molar-refractivity contribution is 5.99. The Morgan fingerprint density at radius 2 is 1.77 bits per heavy atom. The lowest BCUT2D eigenvalue weighted by Crippen LogP contribution is -2.31. The molecule has 0 aliphatic rings. The van der Waals surface area contributed by atoms with Gasteiger partial charge in [0.2, 0.25) is 0 Å². The summed E-state index contributed by atoms with van der Waals surface area (Å²) in [6, 6.07) is 4.85. The van der Waals surface area contributed by atoms with Crippen LogP contribution in [0.25, 0.3) is 0 Å². The number of H-pyrrole nitrogens is 1. The van der Waals surface area contributed by atoms with E-state index in [0.717, 1.165) is 5.56 Å². The third kappa shape index (κ3) is 5.56. The number of carbonyl (C=O) groups excluding carboxylic acids is 3. The second-order valence-corrected chi connectivity index (χ2v) is 6.82. The predicted octanol–water partition coefficient (Wildman–Crippen LogP) is 2.86. The molecule has 1 aromatic carbocycles. The number of amides is 1. The average molecular weight is 432 g/mol. The van der Waals surface area contributed by atoms with E-state index in [1.807, 2.05) is 0 Å². The van der Waals surface area contributed by atoms with Crippen molar-refractivity contribution in [1.29, 1.82) is 0 Å². The Hall–Kier alpha value is -3.49. The highest BCUT2D eigenvalue weighted by Crippen LogP contribution is 2.29. The number of methoxy groups -OCH3 is 2. The SMILES string of the molecule is CCOC(=O)c1[nH]c(C)c(C(=O)OCC(=O)NC(C)c2cc(OC)ccc2OC)c1C. The van der Waals surface area contributed by atoms with Crippen LogP contribution in [0.3, 0.4) is 0 Å². The lowest BCUT2D eigenvalue weighted by atomic mass is 10.1. The molecular formula is C22H28N2O7. The van der Waals surface area contributed by atoms with Gasteiger partial charge in [0.1, 0.15) is 17.2 Å². The summed E-state index contributed by atoms with van der Waals surface area (Å²) in [5.41, 5.74) is 1.99. The molecule has 1 heterocycles. The summed E-state index contributed by atoms with van der Waals surface area (Å²) >= 11 is 0. The van der Waals surface area contributed by atoms with Crippen LogP contribution in [-0.4, -0.2) is 50.3 Å². The van der Waals surface area contributed by atoms with E-state index >= 15 is 0 Å². The maximum Gasteiger partial charge on any atom is 0.355 e. The van der Waals surface area contributed by atoms with E-state index in [1.54, 1.807) is 53.0 Å². The lowest BCUT2D eigenvalue weighted by molar-refractivity contribution is -0.124. The van der Waals surface area contributed by atoms with Crippen molar-refractivity contribution in [3.8, 4) is 11.5 Å². The van der Waals surface area contributed by atoms with Crippen molar-refractivity contribution in [2.45, 2.75) is 33.7 Å². The number of aromatic amines is 1. The number of nitrogens with one attached hydrogen (secondary N) is 2. The van der Waals surface area contributed by atoms with Crippen LogP contribution >= 0.6 is 0 Å². The van der Waals surface area contributed by atoms with Crippen LogP contribution in [0.1, 0.15) is 57.6 Å². The number of carbonyl (C=O) groups is 3. The summed E-state index contributed by atoms with van der Waals surface area (Å²) in [7, 11) is 3.08. The fourth-order valence-corrected chi connectivity index (χ4v) is 3.21. The molecule has 168 valence electrons. The Labute approximate surface area is 181 Å². The van der Waals surface area contributed by atoms with Crippen LogP contribution in [0.5, 0.6) is 11.5 Å². The predicted molar refractivity (Wildman–Crippen MR) is 113 cm³/mol. The van der Waals surface area contributed by atoms with Gasteiger partial charge in [-0.25, -0.2) is 9.59 Å². The highest BCUT2D eigenvalue weighted by atomic mass is 16.5. The van der Waals surface area contributed by atoms with Gasteiger partial charge >= 0.3 is 11.9 Å². The number of aryl methyl sites for hydroxylation is 1. The first-order chi connectivity index (χ1) is 14.7. The number of benzene rings is 1. The number of hydrogen-bond donors (Lipinski definition) is 2. The number of esters is 2. The molecule has 0 radical (unpaired) electrons. The van der Waals surface area contributed by atoms with Gasteiger partial charge in [-0.2, -0.15) is 0 Å². The Morgan fingerprint density at radius 1 is 1.06 bits per heavy atom. The van der Waals surface area contributed by atoms with Crippen LogP contribution in [0.4, 0.5) is 0 Å². The van der Waals surface area contributed by atoms with Gasteiger partial charge in [0.05, 0.1) is 32.4 Å². The quantitative estimate of drug-likeness (QED) is 0.585. The molecule has 31 heavy (non-hydrogen) atoms. The molecule has 0 saturated heterocycles. The Balaban J connectivity index is 2.04. The maximum absolute atomic E-state index is 12.5. The molecule has 1 unspecified atom stereocenters. The van der Waals surface area contributed by atoms with Crippen molar-refractivity contribution in [3.63, 3.8) is 0 Å². The smallest absolute Gasteiger partial charge is 0.355 e. The lowest BCUT2D eigenvalue weighted by Gasteiger charge is -2.18. The molecule has 0 saturated carbocycles. The fourth-order valence-electron chi connectivity index (χ4n) is 3.21. The summed E-state index contributed by atoms with van der Waals surface area (Å²) in [4.78, 5) is 39.7. The first-order valence-electron chi connectivity index (χ1n) is 9.78. The zero-order chi connectivity index (χ0) is 23.1. The van der Waals surface area contributed by atoms with Crippen molar-refractivity contribution in [3.05, 3.63) is 46.3 Å². The zero-order valence-corrected chi connectivity index (χ0v) is 18.6. The maximum atomic E-state index is 12.5. The zero-order valence-electron chi connectivity index (χ0n) is 18.6. The fraction of sp³-hybridized carbons (Fsp3) is 0.409. The van der Waals surface area contributed by atoms with Gasteiger partial charge in [0.25, 0.3) is 5.91 Å². The molecule has 1 amide bonds. The van der Waals surface area contributed by atoms with Gasteiger partial charge in [-0.1, -0.05) is 0 Å². The molecular weight excluding hydrogens is 404 g/mol. The molecule has 2 aromatic rings. The Bertz CT molecular complexity index is 965. The van der Waals surface area contributed by atoms with Crippen LogP contribution in [0.15, 0.2) is 18.2 Å². The van der Waals surface area contributed by atoms with E-state index in [4.69, 9.17) is 18.9 Å². The van der Waals surface area contributed by atoms with E-state index in [2.05, 4.69) is 10.3 Å². The second kappa shape index (κ2) is 10.5. The molecule has 0 bridgehead atoms. The molecule has 0 spiro atoms. The van der Waals surface area contributed by atoms with E-state index in [1.165, 1.54) is 7.11 Å². The summed E-state index contributed by atoms with van der Waals surface area (Å²) in [6.45, 7) is 6.47. The third-order valence-electron chi connectivity index (χ3n) is 4.74. The van der Waals surface area contributed by atoms with Crippen molar-refractivity contribution >= 4 is 17.8 Å². The normalized spacial score (nSPS) is 11.4. The van der Waals surface area contributed by atoms with E-state index < -0.39 is 30.5 Å². The molecule has 0 fully saturated rings. The molecule has 9 nitrogen and oxygen atoms in total. The van der Waals surface area contributed by atoms with Crippen molar-refractivity contribution in [2.75, 3.05) is 27.4 Å². The van der Waals surface area contributed by atoms with Crippen molar-refractivity contribution in [1.82, 2.24) is 10.3 Å². The molecule has 2 N–H and O–H groups in total. The number of ether oxygens (including phenoxy) is 4. The van der Waals surface area contributed by atoms with E-state index in [0.29, 0.717) is 22.8 Å². The van der Waals surface area contributed by atoms with Crippen LogP contribution < -0.4 is 14.8 Å². The monoisotopic (exact) mass is 432 g/mol. The van der Waals surface area contributed by atoms with Gasteiger partial charge in [-0.3, -0.25) is 4.79 Å². The van der Waals surface area contributed by atoms with Crippen LogP contribution in [0.2, 0.25) is 0 Å². The summed E-state index contributed by atoms with van der Waals surface area (Å²) in [5, 5.41) is 2.76. The van der Waals surface area contributed by atoms with Crippen LogP contribution in [-0.2, 0) is 14.3 Å². The average Bonchev–Trinajstić information content (AvgIpc) is 3.05. The Kier molecular flexibility index (Phi) is 8.07. The second-order valence-electron chi connectivity index (χ2n) is 6.82. The molecule has 1 aromatic heterocycles. The minimum absolute atomic E-state index is 0.189. The van der Waals surface area contributed by atoms with Gasteiger partial charge in [-0.05, 0) is 51.5 Å². The molecule has 2 rings (SSSR count). The van der Waals surface area contributed by atoms with Gasteiger partial charge < -0.3 is 29.2 Å². The molecule has 0 aliphatic carbocycles. The largest absolute Gasteiger partial charge is 0.497 e. The van der Waals surface area contributed by atoms with E-state index in [9.17, 15) is 14.4 Å². The summed E-state index contributed by atoms with van der Waals surface area (Å²) in [5.74, 6) is -0.526. The van der Waals surface area contributed by atoms with Crippen molar-refractivity contribution in [2.24, 2.45) is 0 Å². The summed E-state index contributed by atoms with van der Waals surface area (Å²) < 4.78 is 20.7. The molecule has 9 heteroatoms. The first-order valence-corrected chi connectivity index (χ1v) is 9.78. The standard InChI is InChI=1S/C22H28N2O7/c1-7-30-22(27)20-12(2)19(14(4)24-20)21(26)31-11-18(25)23-13(3)16-10-15(28-5)8-9-17(16)29-6/h8-10,13,24H,7,11H2,1-6H3,(H,23,25). The van der Waals surface area contributed by atoms with Crippen LogP contribution in [0, 0.1) is 13.8 Å². The topological polar surface area (TPSA) is 116 Å². The van der Waals surface area contributed by atoms with E-state index in [-0.39, 0.29) is 17.9 Å². The molecule has 1 atom stereocenters. The van der Waals surface area contributed by atoms with Gasteiger partial charge in [0, 0.05) is 11.3 Å². The minimum atomic E-state index is -0.705. The van der Waals surface area contributed by atoms with Gasteiger partial charge in [0.15, 0.2) is 6.61 Å². The molecule has 0 aliphatic heterocycles.